The number of quaternary nitrogens is 1. The number of carboxylic acid groups (broad SMARTS) is 1. The van der Waals surface area contributed by atoms with Gasteiger partial charge in [-0.15, -0.1) is 0 Å². The van der Waals surface area contributed by atoms with Gasteiger partial charge in [-0.25, -0.2) is 0 Å². The Labute approximate surface area is 378 Å². The molecule has 0 radical (unpaired) electrons. The van der Waals surface area contributed by atoms with Gasteiger partial charge in [-0.3, -0.25) is 9.59 Å². The lowest BCUT2D eigenvalue weighted by molar-refractivity contribution is -0.889. The molecule has 360 valence electrons. The van der Waals surface area contributed by atoms with E-state index in [-0.39, 0.29) is 42.7 Å². The third-order valence-corrected chi connectivity index (χ3v) is 12.2. The molecule has 0 N–H and O–H groups in total. The zero-order valence-corrected chi connectivity index (χ0v) is 41.1. The summed E-state index contributed by atoms with van der Waals surface area (Å²) in [7, 11) is 5.43. The van der Waals surface area contributed by atoms with Gasteiger partial charge in [0.15, 0.2) is 6.10 Å². The quantitative estimate of drug-likeness (QED) is 0.0260. The first-order chi connectivity index (χ1) is 29.6. The van der Waals surface area contributed by atoms with Crippen LogP contribution in [0.15, 0.2) is 12.2 Å². The summed E-state index contributed by atoms with van der Waals surface area (Å²) in [6.07, 6.45) is 49.5. The van der Waals surface area contributed by atoms with E-state index in [9.17, 15) is 19.5 Å². The molecule has 0 bridgehead atoms. The van der Waals surface area contributed by atoms with Crippen LogP contribution in [-0.2, 0) is 28.6 Å². The molecule has 0 rings (SSSR count). The maximum absolute atomic E-state index is 12.8. The highest BCUT2D eigenvalue weighted by Gasteiger charge is 2.25. The number of carboxylic acids is 1. The molecule has 0 aliphatic heterocycles. The van der Waals surface area contributed by atoms with Gasteiger partial charge in [-0.1, -0.05) is 212 Å². The van der Waals surface area contributed by atoms with E-state index < -0.39 is 18.1 Å². The highest BCUT2D eigenvalue weighted by atomic mass is 16.6. The van der Waals surface area contributed by atoms with Gasteiger partial charge < -0.3 is 28.6 Å². The van der Waals surface area contributed by atoms with Crippen LogP contribution in [0.3, 0.4) is 0 Å². The molecule has 0 amide bonds. The Hall–Kier alpha value is -1.93. The van der Waals surface area contributed by atoms with Crippen LogP contribution in [0.2, 0.25) is 0 Å². The average molecular weight is 864 g/mol. The summed E-state index contributed by atoms with van der Waals surface area (Å²) in [5.74, 6) is -1.72. The van der Waals surface area contributed by atoms with E-state index in [2.05, 4.69) is 26.0 Å². The number of carbonyl (C=O) groups is 3. The predicted molar refractivity (Wildman–Crippen MR) is 254 cm³/mol. The number of nitrogens with zero attached hydrogens (tertiary/aromatic N) is 1. The number of rotatable bonds is 48. The summed E-state index contributed by atoms with van der Waals surface area (Å²) in [6, 6.07) is -0.723. The fourth-order valence-electron chi connectivity index (χ4n) is 8.07. The number of esters is 2. The van der Waals surface area contributed by atoms with Crippen LogP contribution in [0.4, 0.5) is 0 Å². The van der Waals surface area contributed by atoms with Crippen molar-refractivity contribution < 1.29 is 38.2 Å². The molecule has 0 saturated heterocycles. The van der Waals surface area contributed by atoms with Crippen LogP contribution in [0.1, 0.15) is 258 Å². The van der Waals surface area contributed by atoms with E-state index in [4.69, 9.17) is 14.2 Å². The first-order valence-electron chi connectivity index (χ1n) is 26.2. The summed E-state index contributed by atoms with van der Waals surface area (Å²) < 4.78 is 17.3. The minimum Gasteiger partial charge on any atom is -0.544 e. The molecule has 0 fully saturated rings. The maximum atomic E-state index is 12.8. The van der Waals surface area contributed by atoms with Gasteiger partial charge in [-0.05, 0) is 38.5 Å². The molecule has 8 nitrogen and oxygen atoms in total. The molecule has 0 aliphatic rings. The SMILES string of the molecule is CCCCCCCCC/C=C\CCCCCCCCCC(=O)OC(COCCC(C(=O)[O-])[N+](C)(C)C)COC(=O)CCCCCCCCCCCCCCCCCCCCC. The molecule has 0 spiro atoms. The van der Waals surface area contributed by atoms with Crippen molar-refractivity contribution in [1.82, 2.24) is 0 Å². The summed E-state index contributed by atoms with van der Waals surface area (Å²) in [6.45, 7) is 4.71. The maximum Gasteiger partial charge on any atom is 0.306 e. The lowest BCUT2D eigenvalue weighted by Crippen LogP contribution is -2.55. The normalized spacial score (nSPS) is 12.9. The smallest absolute Gasteiger partial charge is 0.306 e. The topological polar surface area (TPSA) is 102 Å². The number of likely N-dealkylation sites (N-methyl/N-ethyl adjacent to an activating group) is 1. The van der Waals surface area contributed by atoms with Gasteiger partial charge in [0.2, 0.25) is 0 Å². The van der Waals surface area contributed by atoms with Gasteiger partial charge in [0.05, 0.1) is 40.3 Å². The number of hydrogen-bond donors (Lipinski definition) is 0. The second kappa shape index (κ2) is 44.7. The number of unbranched alkanes of at least 4 members (excludes halogenated alkanes) is 32. The second-order valence-corrected chi connectivity index (χ2v) is 19.1. The predicted octanol–water partition coefficient (Wildman–Crippen LogP) is 13.7. The molecule has 2 atom stereocenters. The van der Waals surface area contributed by atoms with E-state index in [1.807, 2.05) is 21.1 Å². The van der Waals surface area contributed by atoms with Gasteiger partial charge in [0.1, 0.15) is 12.6 Å². The summed E-state index contributed by atoms with van der Waals surface area (Å²) in [5.41, 5.74) is 0. The monoisotopic (exact) mass is 864 g/mol. The van der Waals surface area contributed by atoms with Crippen molar-refractivity contribution in [2.24, 2.45) is 0 Å². The summed E-state index contributed by atoms with van der Waals surface area (Å²) in [5, 5.41) is 11.7. The molecular weight excluding hydrogens is 763 g/mol. The lowest BCUT2D eigenvalue weighted by atomic mass is 10.0. The summed E-state index contributed by atoms with van der Waals surface area (Å²) in [4.78, 5) is 37.0. The van der Waals surface area contributed by atoms with Crippen LogP contribution in [0, 0.1) is 0 Å². The van der Waals surface area contributed by atoms with E-state index >= 15 is 0 Å². The molecule has 0 heterocycles. The Morgan fingerprint density at radius 2 is 0.820 bits per heavy atom. The highest BCUT2D eigenvalue weighted by molar-refractivity contribution is 5.70. The molecule has 0 saturated carbocycles. The average Bonchev–Trinajstić information content (AvgIpc) is 3.22. The fraction of sp³-hybridized carbons (Fsp3) is 0.906. The van der Waals surface area contributed by atoms with Gasteiger partial charge in [0, 0.05) is 19.3 Å². The van der Waals surface area contributed by atoms with Crippen LogP contribution in [-0.4, -0.2) is 75.5 Å². The Morgan fingerprint density at radius 3 is 1.18 bits per heavy atom. The van der Waals surface area contributed by atoms with Crippen LogP contribution in [0.25, 0.3) is 0 Å². The van der Waals surface area contributed by atoms with Crippen molar-refractivity contribution >= 4 is 17.9 Å². The molecule has 0 aromatic rings. The number of hydrogen-bond acceptors (Lipinski definition) is 7. The van der Waals surface area contributed by atoms with Crippen molar-refractivity contribution in [3.8, 4) is 0 Å². The zero-order valence-electron chi connectivity index (χ0n) is 41.1. The van der Waals surface area contributed by atoms with Gasteiger partial charge >= 0.3 is 11.9 Å². The second-order valence-electron chi connectivity index (χ2n) is 19.1. The zero-order chi connectivity index (χ0) is 44.9. The molecule has 61 heavy (non-hydrogen) atoms. The van der Waals surface area contributed by atoms with Crippen molar-refractivity contribution in [3.05, 3.63) is 12.2 Å². The van der Waals surface area contributed by atoms with E-state index in [0.29, 0.717) is 12.8 Å². The molecule has 0 aromatic carbocycles. The number of allylic oxidation sites excluding steroid dienone is 2. The summed E-state index contributed by atoms with van der Waals surface area (Å²) >= 11 is 0. The van der Waals surface area contributed by atoms with Crippen molar-refractivity contribution in [3.63, 3.8) is 0 Å². The first kappa shape index (κ1) is 59.1. The van der Waals surface area contributed by atoms with Gasteiger partial charge in [-0.2, -0.15) is 0 Å². The molecular formula is C53H101NO7. The van der Waals surface area contributed by atoms with Crippen molar-refractivity contribution in [2.45, 2.75) is 270 Å². The Morgan fingerprint density at radius 1 is 0.475 bits per heavy atom. The van der Waals surface area contributed by atoms with Crippen LogP contribution < -0.4 is 5.11 Å². The first-order valence-corrected chi connectivity index (χ1v) is 26.2. The van der Waals surface area contributed by atoms with Gasteiger partial charge in [0.25, 0.3) is 0 Å². The number of aliphatic carboxylic acids is 1. The standard InChI is InChI=1S/C53H101NO7/c1-6-8-10-12-14-16-18-20-22-24-26-28-29-31-33-35-37-39-41-43-51(55)60-48-49(47-59-46-45-50(53(57)58)54(3,4)5)61-52(56)44-42-40-38-36-34-32-30-27-25-23-21-19-17-15-13-11-9-7-2/h23,25,49-50H,6-22,24,26-48H2,1-5H3/b25-23-. The molecule has 2 unspecified atom stereocenters. The number of carbonyl (C=O) groups excluding carboxylic acids is 3. The largest absolute Gasteiger partial charge is 0.544 e. The molecule has 0 aromatic heterocycles. The molecule has 8 heteroatoms. The Balaban J connectivity index is 4.20. The minimum atomic E-state index is -1.12. The van der Waals surface area contributed by atoms with E-state index in [1.54, 1.807) is 0 Å². The Kier molecular flexibility index (Phi) is 43.3. The third-order valence-electron chi connectivity index (χ3n) is 12.2. The fourth-order valence-corrected chi connectivity index (χ4v) is 8.07. The van der Waals surface area contributed by atoms with Crippen molar-refractivity contribution in [1.29, 1.82) is 0 Å². The van der Waals surface area contributed by atoms with Crippen LogP contribution in [0.5, 0.6) is 0 Å². The highest BCUT2D eigenvalue weighted by Crippen LogP contribution is 2.17. The lowest BCUT2D eigenvalue weighted by Gasteiger charge is -2.34. The van der Waals surface area contributed by atoms with Crippen molar-refractivity contribution in [2.75, 3.05) is 41.0 Å². The number of ether oxygens (including phenoxy) is 3. The minimum absolute atomic E-state index is 0.0451. The third kappa shape index (κ3) is 43.1. The van der Waals surface area contributed by atoms with E-state index in [0.717, 1.165) is 38.5 Å². The van der Waals surface area contributed by atoms with Crippen LogP contribution >= 0.6 is 0 Å². The van der Waals surface area contributed by atoms with E-state index in [1.165, 1.54) is 186 Å². The Bertz CT molecular complexity index is 1010. The molecule has 0 aliphatic carbocycles.